The number of halogens is 1. The Bertz CT molecular complexity index is 408. The van der Waals surface area contributed by atoms with Gasteiger partial charge >= 0.3 is 0 Å². The highest BCUT2D eigenvalue weighted by atomic mass is 79.9. The smallest absolute Gasteiger partial charge is 0.0378 e. The first-order valence-electron chi connectivity index (χ1n) is 6.47. The zero-order valence-electron chi connectivity index (χ0n) is 11.2. The van der Waals surface area contributed by atoms with E-state index in [1.807, 2.05) is 0 Å². The molecule has 1 aliphatic heterocycles. The van der Waals surface area contributed by atoms with Crippen LogP contribution in [0.5, 0.6) is 0 Å². The van der Waals surface area contributed by atoms with Crippen LogP contribution in [0.3, 0.4) is 0 Å². The van der Waals surface area contributed by atoms with Crippen LogP contribution in [-0.4, -0.2) is 38.6 Å². The van der Waals surface area contributed by atoms with E-state index < -0.39 is 0 Å². The molecule has 0 radical (unpaired) electrons. The van der Waals surface area contributed by atoms with Crippen molar-refractivity contribution in [2.24, 2.45) is 11.7 Å². The summed E-state index contributed by atoms with van der Waals surface area (Å²) in [5, 5.41) is 0. The largest absolute Gasteiger partial charge is 0.374 e. The van der Waals surface area contributed by atoms with Crippen molar-refractivity contribution in [2.45, 2.75) is 13.0 Å². The van der Waals surface area contributed by atoms with E-state index in [1.165, 1.54) is 30.8 Å². The summed E-state index contributed by atoms with van der Waals surface area (Å²) in [5.41, 5.74) is 8.15. The first-order chi connectivity index (χ1) is 8.58. The predicted molar refractivity (Wildman–Crippen MR) is 80.9 cm³/mol. The van der Waals surface area contributed by atoms with Crippen molar-refractivity contribution in [3.63, 3.8) is 0 Å². The molecule has 0 saturated carbocycles. The van der Waals surface area contributed by atoms with E-state index in [4.69, 9.17) is 5.73 Å². The summed E-state index contributed by atoms with van der Waals surface area (Å²) in [6.07, 6.45) is 1.30. The van der Waals surface area contributed by atoms with Crippen LogP contribution in [0.25, 0.3) is 0 Å². The number of rotatable bonds is 4. The van der Waals surface area contributed by atoms with Crippen molar-refractivity contribution in [1.29, 1.82) is 0 Å². The molecule has 0 bridgehead atoms. The van der Waals surface area contributed by atoms with Crippen molar-refractivity contribution < 1.29 is 0 Å². The van der Waals surface area contributed by atoms with Crippen LogP contribution in [0.1, 0.15) is 12.0 Å². The van der Waals surface area contributed by atoms with Crippen molar-refractivity contribution in [1.82, 2.24) is 4.90 Å². The molecule has 3 nitrogen and oxygen atoms in total. The minimum Gasteiger partial charge on any atom is -0.374 e. The van der Waals surface area contributed by atoms with E-state index in [-0.39, 0.29) is 0 Å². The maximum absolute atomic E-state index is 5.72. The molecule has 100 valence electrons. The lowest BCUT2D eigenvalue weighted by Crippen LogP contribution is -2.27. The van der Waals surface area contributed by atoms with Crippen LogP contribution in [0, 0.1) is 5.92 Å². The highest BCUT2D eigenvalue weighted by Crippen LogP contribution is 2.24. The lowest BCUT2D eigenvalue weighted by Gasteiger charge is -2.24. The van der Waals surface area contributed by atoms with Gasteiger partial charge in [0, 0.05) is 36.8 Å². The Morgan fingerprint density at radius 1 is 1.44 bits per heavy atom. The zero-order valence-corrected chi connectivity index (χ0v) is 12.8. The molecule has 0 aliphatic carbocycles. The van der Waals surface area contributed by atoms with Crippen LogP contribution in [-0.2, 0) is 6.54 Å². The minimum absolute atomic E-state index is 0.590. The normalized spacial score (nSPS) is 20.3. The minimum atomic E-state index is 0.590. The fourth-order valence-corrected chi connectivity index (χ4v) is 3.17. The van der Waals surface area contributed by atoms with Crippen LogP contribution < -0.4 is 10.6 Å². The summed E-state index contributed by atoms with van der Waals surface area (Å²) >= 11 is 3.55. The van der Waals surface area contributed by atoms with Gasteiger partial charge in [-0.25, -0.2) is 0 Å². The van der Waals surface area contributed by atoms with Crippen molar-refractivity contribution in [3.8, 4) is 0 Å². The molecule has 2 N–H and O–H groups in total. The standard InChI is InChI=1S/C14H22BrN3/c1-17-4-3-11(9-17)10-18(2)14-6-12(8-16)5-13(15)7-14/h5-7,11H,3-4,8-10,16H2,1-2H3. The molecule has 1 fully saturated rings. The Labute approximate surface area is 118 Å². The van der Waals surface area contributed by atoms with Gasteiger partial charge in [-0.3, -0.25) is 0 Å². The van der Waals surface area contributed by atoms with E-state index in [1.54, 1.807) is 0 Å². The molecule has 4 heteroatoms. The summed E-state index contributed by atoms with van der Waals surface area (Å²) in [4.78, 5) is 4.75. The Kier molecular flexibility index (Phi) is 4.65. The fraction of sp³-hybridized carbons (Fsp3) is 0.571. The van der Waals surface area contributed by atoms with E-state index in [0.717, 1.165) is 16.9 Å². The first kappa shape index (κ1) is 13.8. The van der Waals surface area contributed by atoms with Gasteiger partial charge in [0.25, 0.3) is 0 Å². The van der Waals surface area contributed by atoms with Gasteiger partial charge in [-0.15, -0.1) is 0 Å². The third-order valence-electron chi connectivity index (χ3n) is 3.64. The maximum Gasteiger partial charge on any atom is 0.0378 e. The van der Waals surface area contributed by atoms with E-state index in [2.05, 4.69) is 58.0 Å². The van der Waals surface area contributed by atoms with E-state index in [0.29, 0.717) is 6.54 Å². The molecular weight excluding hydrogens is 290 g/mol. The average molecular weight is 312 g/mol. The van der Waals surface area contributed by atoms with Gasteiger partial charge in [0.05, 0.1) is 0 Å². The van der Waals surface area contributed by atoms with E-state index >= 15 is 0 Å². The number of likely N-dealkylation sites (tertiary alicyclic amines) is 1. The Balaban J connectivity index is 2.03. The summed E-state index contributed by atoms with van der Waals surface area (Å²) in [7, 11) is 4.37. The molecule has 0 aromatic heterocycles. The van der Waals surface area contributed by atoms with Gasteiger partial charge in [0.15, 0.2) is 0 Å². The topological polar surface area (TPSA) is 32.5 Å². The molecule has 1 unspecified atom stereocenters. The number of hydrogen-bond acceptors (Lipinski definition) is 3. The molecule has 1 saturated heterocycles. The van der Waals surface area contributed by atoms with Gasteiger partial charge in [-0.05, 0) is 49.7 Å². The molecule has 1 atom stereocenters. The van der Waals surface area contributed by atoms with Gasteiger partial charge in [-0.2, -0.15) is 0 Å². The van der Waals surface area contributed by atoms with Crippen LogP contribution >= 0.6 is 15.9 Å². The van der Waals surface area contributed by atoms with Crippen LogP contribution in [0.4, 0.5) is 5.69 Å². The second-order valence-corrected chi connectivity index (χ2v) is 6.23. The second-order valence-electron chi connectivity index (χ2n) is 5.32. The molecule has 1 aliphatic rings. The van der Waals surface area contributed by atoms with Crippen molar-refractivity contribution >= 4 is 21.6 Å². The van der Waals surface area contributed by atoms with Gasteiger partial charge in [0.1, 0.15) is 0 Å². The Morgan fingerprint density at radius 3 is 2.83 bits per heavy atom. The lowest BCUT2D eigenvalue weighted by molar-refractivity contribution is 0.396. The second kappa shape index (κ2) is 6.04. The number of benzene rings is 1. The van der Waals surface area contributed by atoms with Gasteiger partial charge in [0.2, 0.25) is 0 Å². The molecule has 0 spiro atoms. The van der Waals surface area contributed by atoms with Crippen LogP contribution in [0.15, 0.2) is 22.7 Å². The highest BCUT2D eigenvalue weighted by Gasteiger charge is 2.21. The molecule has 2 rings (SSSR count). The highest BCUT2D eigenvalue weighted by molar-refractivity contribution is 9.10. The van der Waals surface area contributed by atoms with Gasteiger partial charge < -0.3 is 15.5 Å². The SMILES string of the molecule is CN1CCC(CN(C)c2cc(Br)cc(CN)c2)C1. The zero-order chi connectivity index (χ0) is 13.1. The quantitative estimate of drug-likeness (QED) is 0.926. The summed E-state index contributed by atoms with van der Waals surface area (Å²) in [6, 6.07) is 6.43. The summed E-state index contributed by atoms with van der Waals surface area (Å²) < 4.78 is 1.11. The molecule has 1 heterocycles. The summed E-state index contributed by atoms with van der Waals surface area (Å²) in [6.45, 7) is 4.14. The third-order valence-corrected chi connectivity index (χ3v) is 4.10. The number of hydrogen-bond donors (Lipinski definition) is 1. The van der Waals surface area contributed by atoms with E-state index in [9.17, 15) is 0 Å². The lowest BCUT2D eigenvalue weighted by atomic mass is 10.1. The molecule has 0 amide bonds. The summed E-state index contributed by atoms with van der Waals surface area (Å²) in [5.74, 6) is 0.778. The van der Waals surface area contributed by atoms with Crippen LogP contribution in [0.2, 0.25) is 0 Å². The Hall–Kier alpha value is -0.580. The average Bonchev–Trinajstić information content (AvgIpc) is 2.73. The molecule has 18 heavy (non-hydrogen) atoms. The van der Waals surface area contributed by atoms with Gasteiger partial charge in [-0.1, -0.05) is 15.9 Å². The first-order valence-corrected chi connectivity index (χ1v) is 7.27. The predicted octanol–water partition coefficient (Wildman–Crippen LogP) is 2.30. The molecule has 1 aromatic rings. The van der Waals surface area contributed by atoms with Crippen molar-refractivity contribution in [2.75, 3.05) is 38.6 Å². The fourth-order valence-electron chi connectivity index (χ4n) is 2.64. The molecule has 1 aromatic carbocycles. The number of nitrogens with zero attached hydrogens (tertiary/aromatic N) is 2. The number of nitrogens with two attached hydrogens (primary N) is 1. The van der Waals surface area contributed by atoms with Crippen molar-refractivity contribution in [3.05, 3.63) is 28.2 Å². The molecular formula is C14H22BrN3. The number of anilines is 1. The third kappa shape index (κ3) is 3.46. The monoisotopic (exact) mass is 311 g/mol. The maximum atomic E-state index is 5.72. The Morgan fingerprint density at radius 2 is 2.22 bits per heavy atom.